The SMILES string of the molecule is Fc1cc(Cl)ccc1COc1c(Br)cc(CBr)cc1Br. The van der Waals surface area contributed by atoms with Gasteiger partial charge in [-0.15, -0.1) is 0 Å². The van der Waals surface area contributed by atoms with Crippen molar-refractivity contribution in [3.63, 3.8) is 0 Å². The highest BCUT2D eigenvalue weighted by Crippen LogP contribution is 2.36. The van der Waals surface area contributed by atoms with Crippen LogP contribution in [0.1, 0.15) is 11.1 Å². The summed E-state index contributed by atoms with van der Waals surface area (Å²) in [6.07, 6.45) is 0. The molecule has 1 nitrogen and oxygen atoms in total. The van der Waals surface area contributed by atoms with Gasteiger partial charge >= 0.3 is 0 Å². The average Bonchev–Trinajstić information content (AvgIpc) is 2.39. The van der Waals surface area contributed by atoms with Crippen molar-refractivity contribution in [2.45, 2.75) is 11.9 Å². The van der Waals surface area contributed by atoms with Gasteiger partial charge in [0.05, 0.1) is 8.95 Å². The molecule has 0 N–H and O–H groups in total. The van der Waals surface area contributed by atoms with Crippen molar-refractivity contribution in [2.24, 2.45) is 0 Å². The minimum Gasteiger partial charge on any atom is -0.486 e. The first kappa shape index (κ1) is 16.3. The van der Waals surface area contributed by atoms with Gasteiger partial charge < -0.3 is 4.74 Å². The molecule has 6 heteroatoms. The number of halogens is 5. The fourth-order valence-electron chi connectivity index (χ4n) is 1.62. The number of ether oxygens (including phenoxy) is 1. The molecule has 0 bridgehead atoms. The van der Waals surface area contributed by atoms with Crippen LogP contribution in [-0.2, 0) is 11.9 Å². The zero-order valence-corrected chi connectivity index (χ0v) is 15.6. The first-order chi connectivity index (χ1) is 9.51. The third-order valence-electron chi connectivity index (χ3n) is 2.60. The Morgan fingerprint density at radius 2 is 1.75 bits per heavy atom. The molecule has 0 saturated heterocycles. The van der Waals surface area contributed by atoms with Crippen LogP contribution in [0, 0.1) is 5.82 Å². The quantitative estimate of drug-likeness (QED) is 0.449. The van der Waals surface area contributed by atoms with Gasteiger partial charge in [-0.1, -0.05) is 33.6 Å². The van der Waals surface area contributed by atoms with Gasteiger partial charge in [-0.05, 0) is 61.7 Å². The van der Waals surface area contributed by atoms with Gasteiger partial charge in [0.1, 0.15) is 18.2 Å². The van der Waals surface area contributed by atoms with Gasteiger partial charge in [0.2, 0.25) is 0 Å². The summed E-state index contributed by atoms with van der Waals surface area (Å²) in [4.78, 5) is 0. The molecule has 20 heavy (non-hydrogen) atoms. The standard InChI is InChI=1S/C14H9Br3ClFO/c15-6-8-3-11(16)14(12(17)4-8)20-7-9-1-2-10(18)5-13(9)19/h1-5H,6-7H2. The molecule has 0 amide bonds. The molecule has 0 fully saturated rings. The van der Waals surface area contributed by atoms with Crippen molar-refractivity contribution >= 4 is 59.4 Å². The number of hydrogen-bond donors (Lipinski definition) is 0. The van der Waals surface area contributed by atoms with Gasteiger partial charge in [0.25, 0.3) is 0 Å². The van der Waals surface area contributed by atoms with Crippen LogP contribution < -0.4 is 4.74 Å². The summed E-state index contributed by atoms with van der Waals surface area (Å²) in [7, 11) is 0. The van der Waals surface area contributed by atoms with Crippen LogP contribution in [-0.4, -0.2) is 0 Å². The van der Waals surface area contributed by atoms with E-state index in [1.165, 1.54) is 6.07 Å². The highest BCUT2D eigenvalue weighted by atomic mass is 79.9. The second-order valence-corrected chi connectivity index (χ2v) is 6.75. The maximum atomic E-state index is 13.7. The molecule has 2 aromatic rings. The van der Waals surface area contributed by atoms with Crippen LogP contribution in [0.4, 0.5) is 4.39 Å². The molecule has 0 aliphatic rings. The van der Waals surface area contributed by atoms with E-state index in [0.717, 1.165) is 19.8 Å². The van der Waals surface area contributed by atoms with E-state index in [-0.39, 0.29) is 12.4 Å². The van der Waals surface area contributed by atoms with Gasteiger partial charge in [-0.25, -0.2) is 4.39 Å². The van der Waals surface area contributed by atoms with Crippen molar-refractivity contribution in [3.05, 3.63) is 61.2 Å². The predicted molar refractivity (Wildman–Crippen MR) is 90.2 cm³/mol. The molecule has 0 aromatic heterocycles. The molecule has 0 unspecified atom stereocenters. The molecule has 0 saturated carbocycles. The molecular formula is C14H9Br3ClFO. The van der Waals surface area contributed by atoms with Crippen LogP contribution in [0.5, 0.6) is 5.75 Å². The number of hydrogen-bond acceptors (Lipinski definition) is 1. The van der Waals surface area contributed by atoms with Crippen LogP contribution in [0.15, 0.2) is 39.3 Å². The highest BCUT2D eigenvalue weighted by Gasteiger charge is 2.10. The molecule has 0 atom stereocenters. The molecule has 2 aromatic carbocycles. The van der Waals surface area contributed by atoms with E-state index in [2.05, 4.69) is 47.8 Å². The van der Waals surface area contributed by atoms with Crippen LogP contribution >= 0.6 is 59.4 Å². The first-order valence-corrected chi connectivity index (χ1v) is 8.70. The van der Waals surface area contributed by atoms with Crippen molar-refractivity contribution in [3.8, 4) is 5.75 Å². The lowest BCUT2D eigenvalue weighted by molar-refractivity contribution is 0.296. The summed E-state index contributed by atoms with van der Waals surface area (Å²) >= 11 is 16.0. The zero-order valence-electron chi connectivity index (χ0n) is 10.1. The number of rotatable bonds is 4. The maximum absolute atomic E-state index is 13.7. The Balaban J connectivity index is 2.19. The van der Waals surface area contributed by atoms with Crippen LogP contribution in [0.3, 0.4) is 0 Å². The summed E-state index contributed by atoms with van der Waals surface area (Å²) in [6.45, 7) is 0.133. The lowest BCUT2D eigenvalue weighted by atomic mass is 10.2. The Morgan fingerprint density at radius 3 is 2.30 bits per heavy atom. The summed E-state index contributed by atoms with van der Waals surface area (Å²) in [5.41, 5.74) is 1.56. The summed E-state index contributed by atoms with van der Waals surface area (Å²) in [5, 5.41) is 1.12. The Labute approximate surface area is 146 Å². The third-order valence-corrected chi connectivity index (χ3v) is 4.66. The molecule has 106 valence electrons. The van der Waals surface area contributed by atoms with E-state index in [0.29, 0.717) is 16.3 Å². The summed E-state index contributed by atoms with van der Waals surface area (Å²) in [5.74, 6) is 0.269. The maximum Gasteiger partial charge on any atom is 0.148 e. The minimum atomic E-state index is -0.373. The zero-order chi connectivity index (χ0) is 14.7. The number of benzene rings is 2. The van der Waals surface area contributed by atoms with Gasteiger partial charge in [0.15, 0.2) is 0 Å². The Morgan fingerprint density at radius 1 is 1.10 bits per heavy atom. The Hall–Kier alpha value is -0.100. The summed E-state index contributed by atoms with van der Waals surface area (Å²) in [6, 6.07) is 8.44. The second kappa shape index (κ2) is 7.25. The van der Waals surface area contributed by atoms with Crippen molar-refractivity contribution in [1.82, 2.24) is 0 Å². The number of alkyl halides is 1. The molecule has 0 aliphatic carbocycles. The van der Waals surface area contributed by atoms with Crippen LogP contribution in [0.25, 0.3) is 0 Å². The van der Waals surface area contributed by atoms with E-state index < -0.39 is 0 Å². The molecule has 0 aliphatic heterocycles. The van der Waals surface area contributed by atoms with E-state index in [1.54, 1.807) is 12.1 Å². The molecule has 0 spiro atoms. The Kier molecular flexibility index (Phi) is 5.90. The normalized spacial score (nSPS) is 10.7. The topological polar surface area (TPSA) is 9.23 Å². The Bertz CT molecular complexity index is 611. The minimum absolute atomic E-state index is 0.133. The lowest BCUT2D eigenvalue weighted by Crippen LogP contribution is -2.00. The fourth-order valence-corrected chi connectivity index (χ4v) is 3.61. The average molecular weight is 487 g/mol. The second-order valence-electron chi connectivity index (χ2n) is 4.05. The van der Waals surface area contributed by atoms with Crippen molar-refractivity contribution in [2.75, 3.05) is 0 Å². The molecule has 2 rings (SSSR count). The highest BCUT2D eigenvalue weighted by molar-refractivity contribution is 9.11. The van der Waals surface area contributed by atoms with Gasteiger partial charge in [-0.3, -0.25) is 0 Å². The lowest BCUT2D eigenvalue weighted by Gasteiger charge is -2.12. The summed E-state index contributed by atoms with van der Waals surface area (Å²) < 4.78 is 21.0. The van der Waals surface area contributed by atoms with Gasteiger partial charge in [-0.2, -0.15) is 0 Å². The molecule has 0 radical (unpaired) electrons. The fraction of sp³-hybridized carbons (Fsp3) is 0.143. The van der Waals surface area contributed by atoms with E-state index in [4.69, 9.17) is 16.3 Å². The van der Waals surface area contributed by atoms with E-state index in [1.807, 2.05) is 12.1 Å². The largest absolute Gasteiger partial charge is 0.486 e. The van der Waals surface area contributed by atoms with Gasteiger partial charge in [0, 0.05) is 15.9 Å². The molecular weight excluding hydrogens is 478 g/mol. The van der Waals surface area contributed by atoms with Crippen molar-refractivity contribution in [1.29, 1.82) is 0 Å². The van der Waals surface area contributed by atoms with E-state index >= 15 is 0 Å². The first-order valence-electron chi connectivity index (χ1n) is 5.62. The third kappa shape index (κ3) is 3.97. The van der Waals surface area contributed by atoms with Crippen LogP contribution in [0.2, 0.25) is 5.02 Å². The molecule has 0 heterocycles. The monoisotopic (exact) mass is 484 g/mol. The van der Waals surface area contributed by atoms with Crippen molar-refractivity contribution < 1.29 is 9.13 Å². The predicted octanol–water partition coefficient (Wildman–Crippen LogP) is 6.48. The van der Waals surface area contributed by atoms with E-state index in [9.17, 15) is 4.39 Å². The smallest absolute Gasteiger partial charge is 0.148 e.